The highest BCUT2D eigenvalue weighted by Crippen LogP contribution is 2.36. The molecule has 1 heterocycles. The number of amidine groups is 1. The van der Waals surface area contributed by atoms with Gasteiger partial charge in [0.1, 0.15) is 0 Å². The third kappa shape index (κ3) is 3.99. The second kappa shape index (κ2) is 7.79. The van der Waals surface area contributed by atoms with Crippen LogP contribution in [0, 0.1) is 0 Å². The molecule has 0 unspecified atom stereocenters. The van der Waals surface area contributed by atoms with E-state index in [0.29, 0.717) is 4.91 Å². The average molecular weight is 366 g/mol. The van der Waals surface area contributed by atoms with Gasteiger partial charge in [0.15, 0.2) is 5.17 Å². The van der Waals surface area contributed by atoms with Gasteiger partial charge in [0.2, 0.25) is 0 Å². The number of carbonyl (C=O) groups is 1. The molecular weight excluding hydrogens is 342 g/mol. The number of para-hydroxylation sites is 1. The topological polar surface area (TPSA) is 35.9 Å². The quantitative estimate of drug-likeness (QED) is 0.741. The van der Waals surface area contributed by atoms with Crippen molar-refractivity contribution in [2.45, 2.75) is 19.9 Å². The highest BCUT2D eigenvalue weighted by Gasteiger charge is 2.34. The minimum Gasteiger partial charge on any atom is -0.378 e. The Labute approximate surface area is 159 Å². The first-order valence-corrected chi connectivity index (χ1v) is 9.41. The van der Waals surface area contributed by atoms with Crippen LogP contribution in [0.1, 0.15) is 19.4 Å². The zero-order valence-corrected chi connectivity index (χ0v) is 16.3. The molecule has 134 valence electrons. The summed E-state index contributed by atoms with van der Waals surface area (Å²) in [5, 5.41) is 0.729. The Morgan fingerprint density at radius 1 is 1.04 bits per heavy atom. The molecule has 0 radical (unpaired) electrons. The van der Waals surface area contributed by atoms with Crippen LogP contribution in [0.4, 0.5) is 11.4 Å². The molecule has 0 aromatic heterocycles. The van der Waals surface area contributed by atoms with Gasteiger partial charge in [-0.2, -0.15) is 0 Å². The molecule has 2 aromatic carbocycles. The van der Waals surface area contributed by atoms with E-state index in [4.69, 9.17) is 0 Å². The Hall–Kier alpha value is -2.53. The Morgan fingerprint density at radius 3 is 2.27 bits per heavy atom. The number of benzene rings is 2. The predicted molar refractivity (Wildman–Crippen MR) is 113 cm³/mol. The zero-order chi connectivity index (χ0) is 18.7. The lowest BCUT2D eigenvalue weighted by atomic mass is 10.2. The van der Waals surface area contributed by atoms with E-state index < -0.39 is 0 Å². The SMILES string of the molecule is CC(C)/N=C1\S/C(=C\c2ccc(N(C)C)cc2)C(=O)N1c1ccccc1. The molecule has 0 atom stereocenters. The molecule has 0 aliphatic carbocycles. The van der Waals surface area contributed by atoms with Crippen LogP contribution in [-0.4, -0.2) is 31.2 Å². The van der Waals surface area contributed by atoms with Crippen molar-refractivity contribution in [1.82, 2.24) is 0 Å². The van der Waals surface area contributed by atoms with Crippen LogP contribution in [0.3, 0.4) is 0 Å². The molecule has 5 heteroatoms. The van der Waals surface area contributed by atoms with Gasteiger partial charge < -0.3 is 4.90 Å². The van der Waals surface area contributed by atoms with Crippen LogP contribution in [0.25, 0.3) is 6.08 Å². The van der Waals surface area contributed by atoms with E-state index in [1.807, 2.05) is 76.5 Å². The number of carbonyl (C=O) groups excluding carboxylic acids is 1. The average Bonchev–Trinajstić information content (AvgIpc) is 2.90. The third-order valence-corrected chi connectivity index (χ3v) is 4.88. The summed E-state index contributed by atoms with van der Waals surface area (Å²) in [4.78, 5) is 22.1. The van der Waals surface area contributed by atoms with Crippen molar-refractivity contribution < 1.29 is 4.79 Å². The summed E-state index contributed by atoms with van der Waals surface area (Å²) in [6, 6.07) is 18.0. The lowest BCUT2D eigenvalue weighted by molar-refractivity contribution is -0.113. The molecular formula is C21H23N3OS. The second-order valence-corrected chi connectivity index (χ2v) is 7.59. The molecule has 0 bridgehead atoms. The molecule has 0 N–H and O–H groups in total. The number of hydrogen-bond donors (Lipinski definition) is 0. The van der Waals surface area contributed by atoms with Crippen molar-refractivity contribution in [2.24, 2.45) is 4.99 Å². The molecule has 0 spiro atoms. The van der Waals surface area contributed by atoms with E-state index in [1.165, 1.54) is 11.8 Å². The van der Waals surface area contributed by atoms with E-state index in [2.05, 4.69) is 22.0 Å². The Balaban J connectivity index is 1.95. The number of aliphatic imine (C=N–C) groups is 1. The molecule has 26 heavy (non-hydrogen) atoms. The summed E-state index contributed by atoms with van der Waals surface area (Å²) < 4.78 is 0. The molecule has 3 rings (SSSR count). The first-order chi connectivity index (χ1) is 12.5. The number of anilines is 2. The van der Waals surface area contributed by atoms with E-state index in [-0.39, 0.29) is 11.9 Å². The molecule has 4 nitrogen and oxygen atoms in total. The van der Waals surface area contributed by atoms with Gasteiger partial charge in [-0.3, -0.25) is 14.7 Å². The van der Waals surface area contributed by atoms with Gasteiger partial charge in [0, 0.05) is 25.8 Å². The zero-order valence-electron chi connectivity index (χ0n) is 15.5. The van der Waals surface area contributed by atoms with Crippen molar-refractivity contribution in [3.63, 3.8) is 0 Å². The predicted octanol–water partition coefficient (Wildman–Crippen LogP) is 4.64. The summed E-state index contributed by atoms with van der Waals surface area (Å²) in [6.45, 7) is 4.03. The molecule has 2 aromatic rings. The fourth-order valence-electron chi connectivity index (χ4n) is 2.61. The number of thioether (sulfide) groups is 1. The van der Waals surface area contributed by atoms with E-state index in [9.17, 15) is 4.79 Å². The fourth-order valence-corrected chi connectivity index (χ4v) is 3.72. The summed E-state index contributed by atoms with van der Waals surface area (Å²) in [5.41, 5.74) is 2.98. The molecule has 1 aliphatic rings. The lowest BCUT2D eigenvalue weighted by Gasteiger charge is -2.16. The highest BCUT2D eigenvalue weighted by molar-refractivity contribution is 8.19. The van der Waals surface area contributed by atoms with Crippen LogP contribution < -0.4 is 9.80 Å². The summed E-state index contributed by atoms with van der Waals surface area (Å²) in [6.07, 6.45) is 1.94. The maximum absolute atomic E-state index is 13.0. The smallest absolute Gasteiger partial charge is 0.271 e. The number of hydrogen-bond acceptors (Lipinski definition) is 4. The second-order valence-electron chi connectivity index (χ2n) is 6.58. The fraction of sp³-hybridized carbons (Fsp3) is 0.238. The Kier molecular flexibility index (Phi) is 5.47. The van der Waals surface area contributed by atoms with Crippen LogP contribution in [0.15, 0.2) is 64.5 Å². The monoisotopic (exact) mass is 365 g/mol. The lowest BCUT2D eigenvalue weighted by Crippen LogP contribution is -2.29. The van der Waals surface area contributed by atoms with Crippen molar-refractivity contribution in [2.75, 3.05) is 23.9 Å². The van der Waals surface area contributed by atoms with Crippen LogP contribution in [-0.2, 0) is 4.79 Å². The Morgan fingerprint density at radius 2 is 1.69 bits per heavy atom. The number of rotatable bonds is 4. The van der Waals surface area contributed by atoms with Crippen molar-refractivity contribution in [3.05, 3.63) is 65.1 Å². The molecule has 1 fully saturated rings. The summed E-state index contributed by atoms with van der Waals surface area (Å²) in [5.74, 6) is -0.0303. The third-order valence-electron chi connectivity index (χ3n) is 3.90. The van der Waals surface area contributed by atoms with Gasteiger partial charge in [-0.25, -0.2) is 0 Å². The molecule has 1 saturated heterocycles. The minimum atomic E-state index is -0.0303. The van der Waals surface area contributed by atoms with Gasteiger partial charge >= 0.3 is 0 Å². The van der Waals surface area contributed by atoms with Crippen LogP contribution in [0.5, 0.6) is 0 Å². The molecule has 1 aliphatic heterocycles. The van der Waals surface area contributed by atoms with Crippen molar-refractivity contribution in [3.8, 4) is 0 Å². The van der Waals surface area contributed by atoms with Gasteiger partial charge in [-0.05, 0) is 61.5 Å². The normalized spacial score (nSPS) is 17.6. The maximum Gasteiger partial charge on any atom is 0.271 e. The minimum absolute atomic E-state index is 0.0303. The van der Waals surface area contributed by atoms with Gasteiger partial charge in [0.05, 0.1) is 10.6 Å². The van der Waals surface area contributed by atoms with E-state index in [0.717, 1.165) is 22.1 Å². The first kappa shape index (κ1) is 18.3. The Bertz CT molecular complexity index is 839. The largest absolute Gasteiger partial charge is 0.378 e. The van der Waals surface area contributed by atoms with Gasteiger partial charge in [-0.1, -0.05) is 30.3 Å². The summed E-state index contributed by atoms with van der Waals surface area (Å²) >= 11 is 1.43. The summed E-state index contributed by atoms with van der Waals surface area (Å²) in [7, 11) is 4.02. The maximum atomic E-state index is 13.0. The highest BCUT2D eigenvalue weighted by atomic mass is 32.2. The standard InChI is InChI=1S/C21H23N3OS/c1-15(2)22-21-24(18-8-6-5-7-9-18)20(25)19(26-21)14-16-10-12-17(13-11-16)23(3)4/h5-15H,1-4H3/b19-14-,22-21-. The van der Waals surface area contributed by atoms with Crippen molar-refractivity contribution in [1.29, 1.82) is 0 Å². The van der Waals surface area contributed by atoms with Crippen molar-refractivity contribution >= 4 is 40.3 Å². The number of nitrogens with zero attached hydrogens (tertiary/aromatic N) is 3. The van der Waals surface area contributed by atoms with E-state index in [1.54, 1.807) is 4.90 Å². The van der Waals surface area contributed by atoms with E-state index >= 15 is 0 Å². The molecule has 1 amide bonds. The van der Waals surface area contributed by atoms with Crippen LogP contribution >= 0.6 is 11.8 Å². The van der Waals surface area contributed by atoms with Crippen LogP contribution in [0.2, 0.25) is 0 Å². The van der Waals surface area contributed by atoms with Gasteiger partial charge in [-0.15, -0.1) is 0 Å². The first-order valence-electron chi connectivity index (χ1n) is 8.60. The van der Waals surface area contributed by atoms with Gasteiger partial charge in [0.25, 0.3) is 5.91 Å². The molecule has 0 saturated carbocycles. The number of amides is 1.